The van der Waals surface area contributed by atoms with E-state index >= 15 is 0 Å². The Morgan fingerprint density at radius 2 is 2.20 bits per heavy atom. The van der Waals surface area contributed by atoms with E-state index in [-0.39, 0.29) is 0 Å². The van der Waals surface area contributed by atoms with E-state index in [9.17, 15) is 0 Å². The summed E-state index contributed by atoms with van der Waals surface area (Å²) in [7, 11) is 1.85. The van der Waals surface area contributed by atoms with Crippen LogP contribution in [0.3, 0.4) is 0 Å². The molecule has 0 fully saturated rings. The lowest BCUT2D eigenvalue weighted by Gasteiger charge is -1.84. The first-order valence-electron chi connectivity index (χ1n) is 3.04. The van der Waals surface area contributed by atoms with Crippen molar-refractivity contribution < 1.29 is 0 Å². The molecule has 0 N–H and O–H groups in total. The summed E-state index contributed by atoms with van der Waals surface area (Å²) in [4.78, 5) is 4.08. The van der Waals surface area contributed by atoms with Crippen LogP contribution in [0.1, 0.15) is 18.6 Å². The van der Waals surface area contributed by atoms with Crippen molar-refractivity contribution in [3.8, 4) is 11.8 Å². The molecule has 3 heteroatoms. The highest BCUT2D eigenvalue weighted by molar-refractivity contribution is 5.18. The fourth-order valence-electron chi connectivity index (χ4n) is 0.627. The van der Waals surface area contributed by atoms with Crippen LogP contribution in [0.4, 0.5) is 0 Å². The van der Waals surface area contributed by atoms with Gasteiger partial charge in [0.15, 0.2) is 0 Å². The topological polar surface area (TPSA) is 30.7 Å². The lowest BCUT2D eigenvalue weighted by molar-refractivity contribution is 0.732. The molecule has 1 aromatic rings. The molecule has 0 radical (unpaired) electrons. The first-order valence-corrected chi connectivity index (χ1v) is 3.04. The van der Waals surface area contributed by atoms with Crippen molar-refractivity contribution in [2.24, 2.45) is 7.05 Å². The van der Waals surface area contributed by atoms with Crippen LogP contribution in [0.5, 0.6) is 0 Å². The molecular weight excluding hydrogens is 126 g/mol. The molecule has 0 aliphatic rings. The van der Waals surface area contributed by atoms with Gasteiger partial charge in [-0.2, -0.15) is 0 Å². The Morgan fingerprint density at radius 3 is 2.60 bits per heavy atom. The highest BCUT2D eigenvalue weighted by atomic mass is 15.3. The van der Waals surface area contributed by atoms with Gasteiger partial charge in [-0.25, -0.2) is 4.98 Å². The van der Waals surface area contributed by atoms with Crippen molar-refractivity contribution >= 4 is 0 Å². The largest absolute Gasteiger partial charge is 0.252 e. The van der Waals surface area contributed by atoms with Crippen molar-refractivity contribution in [3.63, 3.8) is 0 Å². The smallest absolute Gasteiger partial charge is 0.225 e. The van der Waals surface area contributed by atoms with Crippen molar-refractivity contribution in [2.75, 3.05) is 0 Å². The summed E-state index contributed by atoms with van der Waals surface area (Å²) in [5.41, 5.74) is 0. The highest BCUT2D eigenvalue weighted by Gasteiger charge is 1.96. The van der Waals surface area contributed by atoms with Gasteiger partial charge in [0.05, 0.1) is 0 Å². The summed E-state index contributed by atoms with van der Waals surface area (Å²) in [5.74, 6) is 7.00. The molecule has 0 aliphatic carbocycles. The quantitative estimate of drug-likeness (QED) is 0.485. The molecule has 0 saturated carbocycles. The second-order valence-electron chi connectivity index (χ2n) is 1.98. The Labute approximate surface area is 60.1 Å². The molecule has 0 atom stereocenters. The van der Waals surface area contributed by atoms with Crippen LogP contribution < -0.4 is 0 Å². The van der Waals surface area contributed by atoms with E-state index < -0.39 is 0 Å². The predicted octanol–water partition coefficient (Wildman–Crippen LogP) is 0.495. The summed E-state index contributed by atoms with van der Waals surface area (Å²) < 4.78 is 1.71. The molecule has 1 aromatic heterocycles. The molecule has 1 heterocycles. The third-order valence-electron chi connectivity index (χ3n) is 1.22. The van der Waals surface area contributed by atoms with Gasteiger partial charge < -0.3 is 0 Å². The average molecular weight is 135 g/mol. The first-order chi connectivity index (χ1) is 4.74. The summed E-state index contributed by atoms with van der Waals surface area (Å²) in [5, 5.41) is 4.03. The van der Waals surface area contributed by atoms with E-state index in [0.29, 0.717) is 5.82 Å². The maximum atomic E-state index is 4.08. The van der Waals surface area contributed by atoms with Gasteiger partial charge in [-0.3, -0.25) is 4.68 Å². The van der Waals surface area contributed by atoms with Gasteiger partial charge in [-0.1, -0.05) is 5.92 Å². The Bertz CT molecular complexity index is 268. The molecule has 52 valence electrons. The minimum atomic E-state index is 0.600. The first kappa shape index (κ1) is 6.81. The third-order valence-corrected chi connectivity index (χ3v) is 1.22. The van der Waals surface area contributed by atoms with Crippen LogP contribution >= 0.6 is 0 Å². The maximum absolute atomic E-state index is 4.08. The molecule has 0 saturated heterocycles. The fourth-order valence-corrected chi connectivity index (χ4v) is 0.627. The molecule has 0 unspecified atom stereocenters. The second kappa shape index (κ2) is 2.53. The van der Waals surface area contributed by atoms with E-state index in [1.54, 1.807) is 11.6 Å². The van der Waals surface area contributed by atoms with Crippen LogP contribution in [-0.2, 0) is 7.05 Å². The number of nitrogens with zero attached hydrogens (tertiary/aromatic N) is 3. The Kier molecular flexibility index (Phi) is 1.72. The van der Waals surface area contributed by atoms with E-state index in [1.165, 1.54) is 0 Å². The second-order valence-corrected chi connectivity index (χ2v) is 1.98. The number of aromatic nitrogens is 3. The zero-order valence-corrected chi connectivity index (χ0v) is 6.34. The van der Waals surface area contributed by atoms with Gasteiger partial charge >= 0.3 is 0 Å². The maximum Gasteiger partial charge on any atom is 0.225 e. The van der Waals surface area contributed by atoms with Gasteiger partial charge in [0, 0.05) is 7.05 Å². The lowest BCUT2D eigenvalue weighted by atomic mass is 10.6. The van der Waals surface area contributed by atoms with Crippen LogP contribution in [0, 0.1) is 18.8 Å². The Balaban J connectivity index is 3.06. The normalized spacial score (nSPS) is 8.70. The molecule has 0 amide bonds. The summed E-state index contributed by atoms with van der Waals surface area (Å²) >= 11 is 0. The van der Waals surface area contributed by atoms with Gasteiger partial charge in [0.25, 0.3) is 0 Å². The number of aryl methyl sites for hydroxylation is 2. The SMILES string of the molecule is CC#Cc1nc(C)n(C)n1. The van der Waals surface area contributed by atoms with Crippen LogP contribution in [0.2, 0.25) is 0 Å². The molecule has 10 heavy (non-hydrogen) atoms. The monoisotopic (exact) mass is 135 g/mol. The van der Waals surface area contributed by atoms with Crippen LogP contribution in [0.25, 0.3) is 0 Å². The molecule has 1 rings (SSSR count). The fraction of sp³-hybridized carbons (Fsp3) is 0.429. The summed E-state index contributed by atoms with van der Waals surface area (Å²) in [6.07, 6.45) is 0. The van der Waals surface area contributed by atoms with Crippen LogP contribution in [-0.4, -0.2) is 14.8 Å². The van der Waals surface area contributed by atoms with E-state index in [1.807, 2.05) is 14.0 Å². The standard InChI is InChI=1S/C7H9N3/c1-4-5-7-8-6(2)10(3)9-7/h1-3H3. The zero-order valence-electron chi connectivity index (χ0n) is 6.34. The lowest BCUT2D eigenvalue weighted by Crippen LogP contribution is -1.92. The van der Waals surface area contributed by atoms with E-state index in [0.717, 1.165) is 5.82 Å². The van der Waals surface area contributed by atoms with Gasteiger partial charge in [0.2, 0.25) is 5.82 Å². The molecular formula is C7H9N3. The van der Waals surface area contributed by atoms with Crippen molar-refractivity contribution in [1.29, 1.82) is 0 Å². The number of hydrogen-bond donors (Lipinski definition) is 0. The summed E-state index contributed by atoms with van der Waals surface area (Å²) in [6.45, 7) is 3.67. The van der Waals surface area contributed by atoms with Crippen molar-refractivity contribution in [1.82, 2.24) is 14.8 Å². The Hall–Kier alpha value is -1.30. The molecule has 0 aromatic carbocycles. The number of hydrogen-bond acceptors (Lipinski definition) is 2. The van der Waals surface area contributed by atoms with Gasteiger partial charge in [-0.15, -0.1) is 5.10 Å². The summed E-state index contributed by atoms with van der Waals surface area (Å²) in [6, 6.07) is 0. The van der Waals surface area contributed by atoms with E-state index in [2.05, 4.69) is 21.9 Å². The van der Waals surface area contributed by atoms with Gasteiger partial charge in [0.1, 0.15) is 5.82 Å². The van der Waals surface area contributed by atoms with E-state index in [4.69, 9.17) is 0 Å². The molecule has 0 bridgehead atoms. The Morgan fingerprint density at radius 1 is 1.50 bits per heavy atom. The molecule has 3 nitrogen and oxygen atoms in total. The average Bonchev–Trinajstić information content (AvgIpc) is 2.14. The highest BCUT2D eigenvalue weighted by Crippen LogP contribution is 1.90. The zero-order chi connectivity index (χ0) is 7.56. The molecule has 0 spiro atoms. The minimum absolute atomic E-state index is 0.600. The van der Waals surface area contributed by atoms with Crippen molar-refractivity contribution in [3.05, 3.63) is 11.6 Å². The minimum Gasteiger partial charge on any atom is -0.252 e. The van der Waals surface area contributed by atoms with Crippen LogP contribution in [0.15, 0.2) is 0 Å². The van der Waals surface area contributed by atoms with Crippen molar-refractivity contribution in [2.45, 2.75) is 13.8 Å². The number of rotatable bonds is 0. The molecule has 0 aliphatic heterocycles. The predicted molar refractivity (Wildman–Crippen MR) is 38.3 cm³/mol. The third kappa shape index (κ3) is 1.16. The van der Waals surface area contributed by atoms with Gasteiger partial charge in [-0.05, 0) is 19.8 Å².